The van der Waals surface area contributed by atoms with Gasteiger partial charge in [-0.05, 0) is 40.4 Å². The SMILES string of the molecule is CC(=O)C(C)CCCCN(C)C. The molecule has 12 heavy (non-hydrogen) atoms. The summed E-state index contributed by atoms with van der Waals surface area (Å²) >= 11 is 0. The molecule has 0 aliphatic heterocycles. The Hall–Kier alpha value is -0.370. The molecule has 0 bridgehead atoms. The first-order valence-corrected chi connectivity index (χ1v) is 4.69. The van der Waals surface area contributed by atoms with Crippen LogP contribution in [0.5, 0.6) is 0 Å². The molecule has 0 spiro atoms. The quantitative estimate of drug-likeness (QED) is 0.569. The highest BCUT2D eigenvalue weighted by molar-refractivity contribution is 5.77. The highest BCUT2D eigenvalue weighted by Crippen LogP contribution is 2.08. The number of nitrogens with zero attached hydrogens (tertiary/aromatic N) is 1. The summed E-state index contributed by atoms with van der Waals surface area (Å²) in [5, 5.41) is 0. The Balaban J connectivity index is 3.25. The van der Waals surface area contributed by atoms with E-state index in [4.69, 9.17) is 0 Å². The molecular weight excluding hydrogens is 150 g/mol. The number of hydrogen-bond donors (Lipinski definition) is 0. The van der Waals surface area contributed by atoms with Crippen LogP contribution < -0.4 is 0 Å². The molecule has 0 radical (unpaired) electrons. The summed E-state index contributed by atoms with van der Waals surface area (Å²) in [4.78, 5) is 13.0. The lowest BCUT2D eigenvalue weighted by atomic mass is 10.0. The predicted octanol–water partition coefficient (Wildman–Crippen LogP) is 1.94. The second kappa shape index (κ2) is 6.18. The van der Waals surface area contributed by atoms with E-state index < -0.39 is 0 Å². The van der Waals surface area contributed by atoms with Crippen molar-refractivity contribution < 1.29 is 4.79 Å². The third-order valence-corrected chi connectivity index (χ3v) is 2.19. The van der Waals surface area contributed by atoms with Crippen molar-refractivity contribution in [3.05, 3.63) is 0 Å². The number of carbonyl (C=O) groups excluding carboxylic acids is 1. The highest BCUT2D eigenvalue weighted by atomic mass is 16.1. The third-order valence-electron chi connectivity index (χ3n) is 2.19. The zero-order chi connectivity index (χ0) is 9.56. The van der Waals surface area contributed by atoms with Crippen LogP contribution in [0.25, 0.3) is 0 Å². The van der Waals surface area contributed by atoms with Gasteiger partial charge in [-0.3, -0.25) is 4.79 Å². The van der Waals surface area contributed by atoms with E-state index in [2.05, 4.69) is 19.0 Å². The van der Waals surface area contributed by atoms with Crippen molar-refractivity contribution in [3.63, 3.8) is 0 Å². The van der Waals surface area contributed by atoms with Crippen LogP contribution in [-0.4, -0.2) is 31.3 Å². The van der Waals surface area contributed by atoms with Gasteiger partial charge < -0.3 is 4.90 Å². The summed E-state index contributed by atoms with van der Waals surface area (Å²) in [6.07, 6.45) is 3.41. The number of unbranched alkanes of at least 4 members (excludes halogenated alkanes) is 1. The average molecular weight is 171 g/mol. The zero-order valence-electron chi connectivity index (χ0n) is 8.76. The van der Waals surface area contributed by atoms with E-state index in [-0.39, 0.29) is 5.92 Å². The normalized spacial score (nSPS) is 13.4. The second-order valence-corrected chi connectivity index (χ2v) is 3.81. The van der Waals surface area contributed by atoms with E-state index in [1.165, 1.54) is 12.8 Å². The van der Waals surface area contributed by atoms with Gasteiger partial charge in [0.05, 0.1) is 0 Å². The Morgan fingerprint density at radius 2 is 1.92 bits per heavy atom. The highest BCUT2D eigenvalue weighted by Gasteiger charge is 2.06. The molecular formula is C10H21NO. The van der Waals surface area contributed by atoms with Crippen LogP contribution in [0.15, 0.2) is 0 Å². The van der Waals surface area contributed by atoms with Crippen molar-refractivity contribution in [2.45, 2.75) is 33.1 Å². The van der Waals surface area contributed by atoms with E-state index in [1.54, 1.807) is 6.92 Å². The van der Waals surface area contributed by atoms with Crippen molar-refractivity contribution in [2.24, 2.45) is 5.92 Å². The molecule has 0 aliphatic rings. The maximum atomic E-state index is 10.9. The Morgan fingerprint density at radius 3 is 2.33 bits per heavy atom. The number of Topliss-reactive ketones (excluding diaryl/α,β-unsaturated/α-hetero) is 1. The molecule has 0 fully saturated rings. The molecule has 2 nitrogen and oxygen atoms in total. The van der Waals surface area contributed by atoms with E-state index in [9.17, 15) is 4.79 Å². The average Bonchev–Trinajstić information content (AvgIpc) is 1.97. The van der Waals surface area contributed by atoms with Crippen LogP contribution in [0.3, 0.4) is 0 Å². The molecule has 0 aromatic rings. The molecule has 1 unspecified atom stereocenters. The second-order valence-electron chi connectivity index (χ2n) is 3.81. The summed E-state index contributed by atoms with van der Waals surface area (Å²) in [6.45, 7) is 4.82. The maximum Gasteiger partial charge on any atom is 0.132 e. The minimum absolute atomic E-state index is 0.257. The number of ketones is 1. The lowest BCUT2D eigenvalue weighted by Crippen LogP contribution is -2.13. The van der Waals surface area contributed by atoms with Crippen molar-refractivity contribution >= 4 is 5.78 Å². The van der Waals surface area contributed by atoms with E-state index >= 15 is 0 Å². The molecule has 0 aromatic carbocycles. The molecule has 0 rings (SSSR count). The molecule has 0 aromatic heterocycles. The van der Waals surface area contributed by atoms with Gasteiger partial charge in [-0.2, -0.15) is 0 Å². The van der Waals surface area contributed by atoms with Crippen LogP contribution in [-0.2, 0) is 4.79 Å². The molecule has 0 saturated carbocycles. The molecule has 2 heteroatoms. The van der Waals surface area contributed by atoms with E-state index in [0.717, 1.165) is 13.0 Å². The van der Waals surface area contributed by atoms with Gasteiger partial charge in [0, 0.05) is 5.92 Å². The van der Waals surface area contributed by atoms with E-state index in [1.807, 2.05) is 6.92 Å². The molecule has 1 atom stereocenters. The first-order chi connectivity index (χ1) is 5.54. The molecule has 0 aliphatic carbocycles. The first-order valence-electron chi connectivity index (χ1n) is 4.69. The fourth-order valence-electron chi connectivity index (χ4n) is 1.08. The van der Waals surface area contributed by atoms with Crippen LogP contribution in [0.4, 0.5) is 0 Å². The summed E-state index contributed by atoms with van der Waals surface area (Å²) in [7, 11) is 4.16. The van der Waals surface area contributed by atoms with Crippen LogP contribution >= 0.6 is 0 Å². The van der Waals surface area contributed by atoms with Crippen molar-refractivity contribution in [3.8, 4) is 0 Å². The fourth-order valence-corrected chi connectivity index (χ4v) is 1.08. The van der Waals surface area contributed by atoms with Crippen molar-refractivity contribution in [2.75, 3.05) is 20.6 Å². The summed E-state index contributed by atoms with van der Waals surface area (Å²) in [5.41, 5.74) is 0. The predicted molar refractivity (Wildman–Crippen MR) is 52.3 cm³/mol. The molecule has 72 valence electrons. The maximum absolute atomic E-state index is 10.9. The standard InChI is InChI=1S/C10H21NO/c1-9(10(2)12)7-5-6-8-11(3)4/h9H,5-8H2,1-4H3. The molecule has 0 N–H and O–H groups in total. The molecule has 0 heterocycles. The minimum Gasteiger partial charge on any atom is -0.309 e. The lowest BCUT2D eigenvalue weighted by Gasteiger charge is -2.10. The van der Waals surface area contributed by atoms with Crippen LogP contribution in [0.1, 0.15) is 33.1 Å². The van der Waals surface area contributed by atoms with Gasteiger partial charge in [0.25, 0.3) is 0 Å². The fraction of sp³-hybridized carbons (Fsp3) is 0.900. The molecule has 0 amide bonds. The van der Waals surface area contributed by atoms with Gasteiger partial charge >= 0.3 is 0 Å². The number of hydrogen-bond acceptors (Lipinski definition) is 2. The monoisotopic (exact) mass is 171 g/mol. The van der Waals surface area contributed by atoms with Crippen molar-refractivity contribution in [1.29, 1.82) is 0 Å². The van der Waals surface area contributed by atoms with Crippen LogP contribution in [0.2, 0.25) is 0 Å². The Morgan fingerprint density at radius 1 is 1.33 bits per heavy atom. The first kappa shape index (κ1) is 11.6. The van der Waals surface area contributed by atoms with Crippen LogP contribution in [0, 0.1) is 5.92 Å². The third kappa shape index (κ3) is 6.35. The zero-order valence-corrected chi connectivity index (χ0v) is 8.76. The number of carbonyl (C=O) groups is 1. The Bertz CT molecular complexity index is 132. The van der Waals surface area contributed by atoms with Gasteiger partial charge in [-0.1, -0.05) is 13.3 Å². The topological polar surface area (TPSA) is 20.3 Å². The molecule has 0 saturated heterocycles. The van der Waals surface area contributed by atoms with Crippen molar-refractivity contribution in [1.82, 2.24) is 4.90 Å². The van der Waals surface area contributed by atoms with Gasteiger partial charge in [-0.15, -0.1) is 0 Å². The minimum atomic E-state index is 0.257. The Kier molecular flexibility index (Phi) is 5.99. The van der Waals surface area contributed by atoms with Gasteiger partial charge in [0.1, 0.15) is 5.78 Å². The Labute approximate surface area is 75.9 Å². The summed E-state index contributed by atoms with van der Waals surface area (Å²) in [5.74, 6) is 0.576. The lowest BCUT2D eigenvalue weighted by molar-refractivity contribution is -0.120. The van der Waals surface area contributed by atoms with E-state index in [0.29, 0.717) is 5.78 Å². The number of rotatable bonds is 6. The van der Waals surface area contributed by atoms with Gasteiger partial charge in [0.2, 0.25) is 0 Å². The summed E-state index contributed by atoms with van der Waals surface area (Å²) in [6, 6.07) is 0. The van der Waals surface area contributed by atoms with Gasteiger partial charge in [-0.25, -0.2) is 0 Å². The summed E-state index contributed by atoms with van der Waals surface area (Å²) < 4.78 is 0. The largest absolute Gasteiger partial charge is 0.309 e. The smallest absolute Gasteiger partial charge is 0.132 e. The van der Waals surface area contributed by atoms with Gasteiger partial charge in [0.15, 0.2) is 0 Å².